The Morgan fingerprint density at radius 2 is 1.19 bits per heavy atom. The lowest BCUT2D eigenvalue weighted by atomic mass is 9.82. The zero-order valence-electron chi connectivity index (χ0n) is 39.2. The Morgan fingerprint density at radius 1 is 0.757 bits per heavy atom. The van der Waals surface area contributed by atoms with Crippen molar-refractivity contribution in [2.45, 2.75) is 101 Å². The van der Waals surface area contributed by atoms with Gasteiger partial charge >= 0.3 is 19.5 Å². The Bertz CT molecular complexity index is 3360. The van der Waals surface area contributed by atoms with E-state index in [9.17, 15) is 72.5 Å². The van der Waals surface area contributed by atoms with Gasteiger partial charge in [0.05, 0.1) is 36.4 Å². The number of hydrogen-bond acceptors (Lipinski definition) is 10. The molecule has 2 unspecified atom stereocenters. The molecule has 0 radical (unpaired) electrons. The highest BCUT2D eigenvalue weighted by molar-refractivity contribution is 7.89. The molecule has 2 saturated carbocycles. The van der Waals surface area contributed by atoms with E-state index in [0.29, 0.717) is 77.4 Å². The molecule has 4 heterocycles. The Balaban J connectivity index is 0.000000190. The number of sulfonamides is 2. The third kappa shape index (κ3) is 12.3. The predicted octanol–water partition coefficient (Wildman–Crippen LogP) is 7.68. The molecule has 0 saturated heterocycles. The van der Waals surface area contributed by atoms with E-state index in [1.165, 1.54) is 27.6 Å². The van der Waals surface area contributed by atoms with Gasteiger partial charge in [0.2, 0.25) is 20.0 Å². The monoisotopic (exact) mass is 1040 g/mol. The maximum atomic E-state index is 14.3. The van der Waals surface area contributed by atoms with Crippen LogP contribution in [0.1, 0.15) is 64.5 Å². The minimum atomic E-state index is -5.13. The van der Waals surface area contributed by atoms with Gasteiger partial charge in [0.15, 0.2) is 0 Å². The normalized spacial score (nSPS) is 16.4. The van der Waals surface area contributed by atoms with Crippen LogP contribution in [0.15, 0.2) is 70.7 Å². The van der Waals surface area contributed by atoms with Crippen molar-refractivity contribution in [2.75, 3.05) is 0 Å². The van der Waals surface area contributed by atoms with Gasteiger partial charge in [-0.15, -0.1) is 0 Å². The van der Waals surface area contributed by atoms with Gasteiger partial charge in [0.25, 0.3) is 0 Å². The van der Waals surface area contributed by atoms with Crippen molar-refractivity contribution in [2.24, 2.45) is 11.8 Å². The largest absolute Gasteiger partial charge is 0.507 e. The maximum Gasteiger partial charge on any atom is 0.507 e. The van der Waals surface area contributed by atoms with E-state index in [2.05, 4.69) is 16.0 Å². The van der Waals surface area contributed by atoms with E-state index in [-0.39, 0.29) is 27.6 Å². The summed E-state index contributed by atoms with van der Waals surface area (Å²) in [4.78, 5) is 6.49. The fourth-order valence-corrected chi connectivity index (χ4v) is 9.33. The second kappa shape index (κ2) is 20.6. The molecule has 26 heteroatoms. The van der Waals surface area contributed by atoms with Crippen molar-refractivity contribution in [3.05, 3.63) is 100.0 Å². The van der Waals surface area contributed by atoms with Crippen molar-refractivity contribution < 1.29 is 64.7 Å². The number of aromatic nitrogens is 4. The van der Waals surface area contributed by atoms with Crippen LogP contribution in [0.25, 0.3) is 33.2 Å². The molecule has 0 spiro atoms. The fourth-order valence-electron chi connectivity index (χ4n) is 7.07. The summed E-state index contributed by atoms with van der Waals surface area (Å²) in [5.41, 5.74) is 3.31. The summed E-state index contributed by atoms with van der Waals surface area (Å²) < 4.78 is 173. The third-order valence-corrected chi connectivity index (χ3v) is 14.3. The topological polar surface area (TPSA) is 216 Å². The van der Waals surface area contributed by atoms with Gasteiger partial charge in [-0.1, -0.05) is 11.6 Å². The minimum Gasteiger partial charge on any atom is -0.422 e. The number of nitriles is 2. The molecule has 2 fully saturated rings. The lowest BCUT2D eigenvalue weighted by Crippen LogP contribution is -2.42. The smallest absolute Gasteiger partial charge is 0.422 e. The summed E-state index contributed by atoms with van der Waals surface area (Å²) >= 11 is 5.42. The SMILES string of the molecule is Cc1cc2c(cc1F)c(C#N)c(B(O)O)n2CC1CC1.[2H]C(C)(NS(=O)(=O)c1ccc(-c2c(C#N)c3cc(F)c(C)cc3n2CC2CC2)nc1)C(F)(F)F.[2H]C(C)(NS(=O)(=O)c1ccc(Cl)nc1)C(F)(F)F. The first-order valence-corrected chi connectivity index (χ1v) is 24.2. The number of benzene rings is 2. The summed E-state index contributed by atoms with van der Waals surface area (Å²) in [6, 6.07) is 7.64. The Hall–Kier alpha value is -5.67. The van der Waals surface area contributed by atoms with Crippen molar-refractivity contribution in [1.82, 2.24) is 28.5 Å². The van der Waals surface area contributed by atoms with Crippen molar-refractivity contribution in [3.8, 4) is 23.5 Å². The Morgan fingerprint density at radius 3 is 1.57 bits per heavy atom. The summed E-state index contributed by atoms with van der Waals surface area (Å²) in [5, 5.41) is 39.1. The predicted molar refractivity (Wildman–Crippen MR) is 242 cm³/mol. The van der Waals surface area contributed by atoms with Crippen LogP contribution in [0.3, 0.4) is 0 Å². The molecule has 0 bridgehead atoms. The standard InChI is InChI=1S/C22H20F4N4O2S.C14H14BFN2O2.C8H8ClF3N2O2S/c1-12-7-20-16(8-18(12)23)17(9-27)21(30(20)11-14-3-4-14)19-6-5-15(10-28-19)33(31,32)29-13(2)22(24,25)26;1-8-4-13-10(5-12(8)16)11(6-17)14(15(19)20)18(13)7-9-2-3-9;1-5(8(10,11)12)14-17(15,16)6-2-3-7(9)13-4-6/h5-8,10,13-14,29H,3-4,11H2,1-2H3;4-5,9,19-20H,2-3,7H2,1H3;2-5,14H,1H3/i13D;;5D. The molecule has 4 aromatic heterocycles. The van der Waals surface area contributed by atoms with E-state index >= 15 is 0 Å². The number of hydrogen-bond donors (Lipinski definition) is 4. The second-order valence-electron chi connectivity index (χ2n) is 16.6. The number of nitrogens with zero attached hydrogens (tertiary/aromatic N) is 6. The summed E-state index contributed by atoms with van der Waals surface area (Å²) in [7, 11) is -10.9. The first-order chi connectivity index (χ1) is 33.2. The van der Waals surface area contributed by atoms with Crippen molar-refractivity contribution in [1.29, 1.82) is 10.5 Å². The molecule has 372 valence electrons. The second-order valence-corrected chi connectivity index (χ2v) is 20.3. The number of alkyl halides is 6. The molecular formula is C44H42BClF8N8O6S2. The first kappa shape index (κ1) is 50.7. The molecule has 4 N–H and O–H groups in total. The van der Waals surface area contributed by atoms with Gasteiger partial charge < -0.3 is 19.2 Å². The lowest BCUT2D eigenvalue weighted by Gasteiger charge is -2.17. The van der Waals surface area contributed by atoms with Gasteiger partial charge in [-0.05, 0) is 125 Å². The van der Waals surface area contributed by atoms with Crippen LogP contribution >= 0.6 is 11.6 Å². The van der Waals surface area contributed by atoms with Crippen LogP contribution in [0.5, 0.6) is 0 Å². The minimum absolute atomic E-state index is 0.00148. The lowest BCUT2D eigenvalue weighted by molar-refractivity contribution is -0.147. The van der Waals surface area contributed by atoms with Crippen LogP contribution in [0.2, 0.25) is 5.15 Å². The summed E-state index contributed by atoms with van der Waals surface area (Å²) in [6.45, 7) is 5.25. The van der Waals surface area contributed by atoms with E-state index < -0.39 is 73.0 Å². The van der Waals surface area contributed by atoms with Crippen LogP contribution in [-0.2, 0) is 33.1 Å². The number of aryl methyl sites for hydroxylation is 2. The molecule has 2 aromatic carbocycles. The summed E-state index contributed by atoms with van der Waals surface area (Å²) in [5.74, 6) is 0.0199. The highest BCUT2D eigenvalue weighted by Gasteiger charge is 2.40. The van der Waals surface area contributed by atoms with Crippen LogP contribution in [-0.4, -0.2) is 77.5 Å². The number of nitrogens with one attached hydrogen (secondary N) is 2. The van der Waals surface area contributed by atoms with E-state index in [4.69, 9.17) is 14.3 Å². The zero-order chi connectivity index (χ0) is 53.7. The molecule has 0 amide bonds. The van der Waals surface area contributed by atoms with E-state index in [0.717, 1.165) is 56.3 Å². The van der Waals surface area contributed by atoms with E-state index in [1.807, 2.05) is 10.6 Å². The van der Waals surface area contributed by atoms with Gasteiger partial charge in [-0.3, -0.25) is 4.98 Å². The number of pyridine rings is 2. The van der Waals surface area contributed by atoms with Crippen LogP contribution in [0, 0.1) is 60.0 Å². The van der Waals surface area contributed by atoms with Crippen molar-refractivity contribution in [3.63, 3.8) is 0 Å². The van der Waals surface area contributed by atoms with Gasteiger partial charge in [-0.2, -0.15) is 46.3 Å². The molecule has 6 aromatic rings. The Labute approximate surface area is 404 Å². The zero-order valence-corrected chi connectivity index (χ0v) is 39.6. The van der Waals surface area contributed by atoms with Gasteiger partial charge in [-0.25, -0.2) is 30.6 Å². The first-order valence-electron chi connectivity index (χ1n) is 21.8. The Kier molecular flexibility index (Phi) is 14.9. The number of fused-ring (bicyclic) bond motifs is 2. The quantitative estimate of drug-likeness (QED) is 0.0533. The number of rotatable bonds is 12. The van der Waals surface area contributed by atoms with Crippen LogP contribution in [0.4, 0.5) is 35.1 Å². The van der Waals surface area contributed by atoms with E-state index in [1.54, 1.807) is 30.5 Å². The molecule has 8 rings (SSSR count). The van der Waals surface area contributed by atoms with Gasteiger partial charge in [0, 0.05) is 41.8 Å². The fraction of sp³-hybridized carbons (Fsp3) is 0.364. The molecule has 2 atom stereocenters. The average molecular weight is 1040 g/mol. The molecule has 14 nitrogen and oxygen atoms in total. The highest BCUT2D eigenvalue weighted by atomic mass is 35.5. The third-order valence-electron chi connectivity index (χ3n) is 11.2. The molecule has 2 aliphatic carbocycles. The van der Waals surface area contributed by atoms with Gasteiger partial charge in [0.1, 0.15) is 50.8 Å². The molecular weight excluding hydrogens is 999 g/mol. The maximum absolute atomic E-state index is 14.3. The summed E-state index contributed by atoms with van der Waals surface area (Å²) in [6.07, 6.45) is -4.30. The molecule has 0 aliphatic heterocycles. The highest BCUT2D eigenvalue weighted by Crippen LogP contribution is 2.39. The molecule has 2 aliphatic rings. The average Bonchev–Trinajstić information content (AvgIpc) is 4.21. The van der Waals surface area contributed by atoms with Crippen LogP contribution < -0.4 is 15.0 Å². The van der Waals surface area contributed by atoms with Crippen molar-refractivity contribution >= 4 is 66.2 Å². The number of halogens is 9. The molecule has 70 heavy (non-hydrogen) atoms.